The van der Waals surface area contributed by atoms with E-state index in [0.29, 0.717) is 45.6 Å². The number of hydrogen-bond acceptors (Lipinski definition) is 7. The molecule has 0 fully saturated rings. The Labute approximate surface area is 174 Å². The summed E-state index contributed by atoms with van der Waals surface area (Å²) >= 11 is 0. The first-order valence-electron chi connectivity index (χ1n) is 9.51. The molecule has 10 heteroatoms. The van der Waals surface area contributed by atoms with E-state index in [1.54, 1.807) is 28.8 Å². The van der Waals surface area contributed by atoms with Gasteiger partial charge in [-0.2, -0.15) is 4.52 Å². The molecule has 0 atom stereocenters. The molecule has 0 spiro atoms. The third-order valence-corrected chi connectivity index (χ3v) is 5.02. The zero-order valence-electron chi connectivity index (χ0n) is 16.1. The maximum atomic E-state index is 13.5. The lowest BCUT2D eigenvalue weighted by Gasteiger charge is -2.11. The first-order valence-corrected chi connectivity index (χ1v) is 9.51. The van der Waals surface area contributed by atoms with Crippen LogP contribution in [0.3, 0.4) is 0 Å². The van der Waals surface area contributed by atoms with E-state index in [-0.39, 0.29) is 17.9 Å². The Hall–Kier alpha value is -4.31. The molecule has 0 bridgehead atoms. The van der Waals surface area contributed by atoms with Crippen LogP contribution in [0.25, 0.3) is 33.3 Å². The fraction of sp³-hybridized carbons (Fsp3) is 0.0952. The van der Waals surface area contributed by atoms with Crippen LogP contribution in [-0.4, -0.2) is 42.3 Å². The van der Waals surface area contributed by atoms with Crippen LogP contribution in [-0.2, 0) is 0 Å². The molecule has 5 aromatic rings. The smallest absolute Gasteiger partial charge is 0.269 e. The number of fused-ring (bicyclic) bond motifs is 5. The Morgan fingerprint density at radius 1 is 1.03 bits per heavy atom. The molecule has 0 aliphatic rings. The van der Waals surface area contributed by atoms with Gasteiger partial charge in [0.05, 0.1) is 17.2 Å². The second-order valence-electron chi connectivity index (χ2n) is 6.88. The molecule has 0 saturated heterocycles. The number of benzene rings is 2. The highest BCUT2D eigenvalue weighted by Crippen LogP contribution is 2.26. The Morgan fingerprint density at radius 2 is 1.77 bits per heavy atom. The largest absolute Gasteiger partial charge is 0.395 e. The number of nitro groups is 1. The van der Waals surface area contributed by atoms with Gasteiger partial charge >= 0.3 is 0 Å². The molecule has 0 radical (unpaired) electrons. The van der Waals surface area contributed by atoms with Gasteiger partial charge < -0.3 is 10.4 Å². The van der Waals surface area contributed by atoms with Gasteiger partial charge in [0.25, 0.3) is 11.2 Å². The van der Waals surface area contributed by atoms with E-state index in [1.807, 2.05) is 12.1 Å². The van der Waals surface area contributed by atoms with Gasteiger partial charge in [-0.1, -0.05) is 18.2 Å². The first kappa shape index (κ1) is 18.7. The van der Waals surface area contributed by atoms with Crippen molar-refractivity contribution < 1.29 is 10.0 Å². The molecule has 0 saturated carbocycles. The van der Waals surface area contributed by atoms with E-state index >= 15 is 0 Å². The highest BCUT2D eigenvalue weighted by molar-refractivity contribution is 6.04. The normalized spacial score (nSPS) is 11.4. The van der Waals surface area contributed by atoms with E-state index in [9.17, 15) is 14.9 Å². The summed E-state index contributed by atoms with van der Waals surface area (Å²) in [6.07, 6.45) is 0. The number of nitrogens with one attached hydrogen (secondary N) is 1. The van der Waals surface area contributed by atoms with E-state index in [1.165, 1.54) is 28.8 Å². The van der Waals surface area contributed by atoms with Gasteiger partial charge in [0.15, 0.2) is 11.3 Å². The van der Waals surface area contributed by atoms with E-state index < -0.39 is 4.92 Å². The van der Waals surface area contributed by atoms with Gasteiger partial charge in [0.2, 0.25) is 0 Å². The Balaban J connectivity index is 1.89. The van der Waals surface area contributed by atoms with Crippen LogP contribution in [0, 0.1) is 10.1 Å². The fourth-order valence-corrected chi connectivity index (χ4v) is 3.64. The summed E-state index contributed by atoms with van der Waals surface area (Å²) in [5.41, 5.74) is 1.68. The average Bonchev–Trinajstić information content (AvgIpc) is 3.17. The zero-order chi connectivity index (χ0) is 21.5. The number of pyridine rings is 1. The molecular formula is C21H16N6O4. The molecular weight excluding hydrogens is 400 g/mol. The predicted molar refractivity (Wildman–Crippen MR) is 116 cm³/mol. The minimum atomic E-state index is -0.489. The van der Waals surface area contributed by atoms with Crippen molar-refractivity contribution in [3.05, 3.63) is 81.1 Å². The van der Waals surface area contributed by atoms with Crippen LogP contribution >= 0.6 is 0 Å². The van der Waals surface area contributed by atoms with Crippen molar-refractivity contribution in [1.82, 2.24) is 19.2 Å². The second kappa shape index (κ2) is 7.18. The SMILES string of the molecule is O=c1c2ccccc2c2nc3ccc(NCCO)nn3c2n1-c1ccc([N+](=O)[O-])cc1. The zero-order valence-corrected chi connectivity index (χ0v) is 16.1. The number of aliphatic hydroxyl groups excluding tert-OH is 1. The minimum absolute atomic E-state index is 0.0530. The van der Waals surface area contributed by atoms with Gasteiger partial charge in [0.1, 0.15) is 11.3 Å². The topological polar surface area (TPSA) is 128 Å². The molecule has 0 unspecified atom stereocenters. The Morgan fingerprint density at radius 3 is 2.48 bits per heavy atom. The molecule has 2 N–H and O–H groups in total. The minimum Gasteiger partial charge on any atom is -0.395 e. The molecule has 5 rings (SSSR count). The van der Waals surface area contributed by atoms with E-state index in [0.717, 1.165) is 0 Å². The molecule has 10 nitrogen and oxygen atoms in total. The summed E-state index contributed by atoms with van der Waals surface area (Å²) < 4.78 is 3.02. The van der Waals surface area contributed by atoms with Crippen LogP contribution in [0.5, 0.6) is 0 Å². The number of nitrogens with zero attached hydrogens (tertiary/aromatic N) is 5. The van der Waals surface area contributed by atoms with Crippen LogP contribution in [0.1, 0.15) is 0 Å². The highest BCUT2D eigenvalue weighted by Gasteiger charge is 2.19. The third-order valence-electron chi connectivity index (χ3n) is 5.02. The van der Waals surface area contributed by atoms with Gasteiger partial charge in [-0.25, -0.2) is 4.98 Å². The van der Waals surface area contributed by atoms with Crippen molar-refractivity contribution in [2.45, 2.75) is 0 Å². The Bertz CT molecular complexity index is 1520. The molecule has 154 valence electrons. The van der Waals surface area contributed by atoms with E-state index in [4.69, 9.17) is 10.1 Å². The summed E-state index contributed by atoms with van der Waals surface area (Å²) in [5, 5.41) is 28.8. The maximum absolute atomic E-state index is 13.5. The number of imidazole rings is 1. The molecule has 2 aromatic carbocycles. The summed E-state index contributed by atoms with van der Waals surface area (Å²) in [6, 6.07) is 16.5. The van der Waals surface area contributed by atoms with E-state index in [2.05, 4.69) is 10.4 Å². The predicted octanol–water partition coefficient (Wildman–Crippen LogP) is 2.50. The lowest BCUT2D eigenvalue weighted by atomic mass is 10.1. The standard InChI is InChI=1S/C21H16N6O4/c28-12-11-22-17-9-10-18-23-19-15-3-1-2-4-16(15)21(29)25(20(19)26(18)24-17)13-5-7-14(8-6-13)27(30)31/h1-10,28H,11-12H2,(H,22,24). The fourth-order valence-electron chi connectivity index (χ4n) is 3.64. The third kappa shape index (κ3) is 2.97. The average molecular weight is 416 g/mol. The number of rotatable bonds is 5. The summed E-state index contributed by atoms with van der Waals surface area (Å²) in [5.74, 6) is 0.511. The highest BCUT2D eigenvalue weighted by atomic mass is 16.6. The summed E-state index contributed by atoms with van der Waals surface area (Å²) in [6.45, 7) is 0.270. The summed E-state index contributed by atoms with van der Waals surface area (Å²) in [4.78, 5) is 28.7. The maximum Gasteiger partial charge on any atom is 0.269 e. The van der Waals surface area contributed by atoms with Crippen molar-refractivity contribution >= 4 is 39.1 Å². The lowest BCUT2D eigenvalue weighted by Crippen LogP contribution is -2.20. The summed E-state index contributed by atoms with van der Waals surface area (Å²) in [7, 11) is 0. The molecule has 0 aliphatic heterocycles. The van der Waals surface area contributed by atoms with Crippen molar-refractivity contribution in [2.75, 3.05) is 18.5 Å². The Kier molecular flexibility index (Phi) is 4.33. The van der Waals surface area contributed by atoms with Crippen molar-refractivity contribution in [3.63, 3.8) is 0 Å². The molecule has 0 aliphatic carbocycles. The van der Waals surface area contributed by atoms with Gasteiger partial charge in [0, 0.05) is 29.4 Å². The van der Waals surface area contributed by atoms with Crippen molar-refractivity contribution in [2.24, 2.45) is 0 Å². The molecule has 3 aromatic heterocycles. The number of hydrogen-bond donors (Lipinski definition) is 2. The van der Waals surface area contributed by atoms with Gasteiger partial charge in [-0.05, 0) is 30.3 Å². The van der Waals surface area contributed by atoms with Crippen LogP contribution in [0.4, 0.5) is 11.5 Å². The van der Waals surface area contributed by atoms with Crippen LogP contribution in [0.15, 0.2) is 65.5 Å². The molecule has 0 amide bonds. The quantitative estimate of drug-likeness (QED) is 0.333. The number of anilines is 1. The number of non-ortho nitro benzene ring substituents is 1. The van der Waals surface area contributed by atoms with Crippen LogP contribution in [0.2, 0.25) is 0 Å². The van der Waals surface area contributed by atoms with Gasteiger partial charge in [-0.3, -0.25) is 19.5 Å². The van der Waals surface area contributed by atoms with Crippen molar-refractivity contribution in [1.29, 1.82) is 0 Å². The van der Waals surface area contributed by atoms with Crippen LogP contribution < -0.4 is 10.9 Å². The molecule has 31 heavy (non-hydrogen) atoms. The molecule has 3 heterocycles. The van der Waals surface area contributed by atoms with Crippen molar-refractivity contribution in [3.8, 4) is 5.69 Å². The van der Waals surface area contributed by atoms with Gasteiger partial charge in [-0.15, -0.1) is 5.10 Å². The first-order chi connectivity index (χ1) is 15.1. The number of aromatic nitrogens is 4. The monoisotopic (exact) mass is 416 g/mol. The number of nitro benzene ring substituents is 1. The second-order valence-corrected chi connectivity index (χ2v) is 6.88. The number of aliphatic hydroxyl groups is 1. The lowest BCUT2D eigenvalue weighted by molar-refractivity contribution is -0.384.